The number of guanidine groups is 1. The third kappa shape index (κ3) is 8.22. The lowest BCUT2D eigenvalue weighted by molar-refractivity contribution is 0.274. The van der Waals surface area contributed by atoms with Crippen LogP contribution >= 0.6 is 24.0 Å². The Hall–Kier alpha value is -0.860. The molecule has 0 saturated carbocycles. The van der Waals surface area contributed by atoms with E-state index >= 15 is 0 Å². The van der Waals surface area contributed by atoms with Crippen LogP contribution in [0, 0.1) is 0 Å². The fourth-order valence-corrected chi connectivity index (χ4v) is 3.31. The molecule has 6 heteroatoms. The molecule has 148 valence electrons. The maximum absolute atomic E-state index is 4.34. The predicted octanol–water partition coefficient (Wildman–Crippen LogP) is 2.56. The van der Waals surface area contributed by atoms with Gasteiger partial charge < -0.3 is 20.4 Å². The van der Waals surface area contributed by atoms with E-state index in [0.717, 1.165) is 38.4 Å². The molecule has 0 bridgehead atoms. The molecule has 0 unspecified atom stereocenters. The summed E-state index contributed by atoms with van der Waals surface area (Å²) in [6, 6.07) is 8.60. The summed E-state index contributed by atoms with van der Waals surface area (Å²) in [5.41, 5.74) is 2.75. The van der Waals surface area contributed by atoms with Crippen molar-refractivity contribution in [2.45, 2.75) is 32.7 Å². The second-order valence-corrected chi connectivity index (χ2v) is 6.83. The molecule has 1 fully saturated rings. The Morgan fingerprint density at radius 2 is 1.85 bits per heavy atom. The van der Waals surface area contributed by atoms with Crippen molar-refractivity contribution in [2.75, 3.05) is 53.4 Å². The number of nitrogens with zero attached hydrogens (tertiary/aromatic N) is 3. The fraction of sp³-hybridized carbons (Fsp3) is 0.650. The molecule has 1 aliphatic heterocycles. The minimum absolute atomic E-state index is 0. The lowest BCUT2D eigenvalue weighted by atomic mass is 10.1. The van der Waals surface area contributed by atoms with E-state index < -0.39 is 0 Å². The van der Waals surface area contributed by atoms with Crippen molar-refractivity contribution < 1.29 is 0 Å². The molecule has 26 heavy (non-hydrogen) atoms. The van der Waals surface area contributed by atoms with E-state index in [1.165, 1.54) is 43.7 Å². The van der Waals surface area contributed by atoms with Crippen molar-refractivity contribution in [3.05, 3.63) is 35.4 Å². The molecule has 5 nitrogen and oxygen atoms in total. The zero-order chi connectivity index (χ0) is 17.9. The molecule has 1 aliphatic rings. The number of hydrogen-bond donors (Lipinski definition) is 2. The van der Waals surface area contributed by atoms with Gasteiger partial charge in [0.05, 0.1) is 0 Å². The number of benzene rings is 1. The molecule has 0 aliphatic carbocycles. The van der Waals surface area contributed by atoms with Gasteiger partial charge in [-0.05, 0) is 57.1 Å². The Labute approximate surface area is 176 Å². The van der Waals surface area contributed by atoms with Gasteiger partial charge in [-0.3, -0.25) is 4.99 Å². The van der Waals surface area contributed by atoms with Crippen molar-refractivity contribution >= 4 is 29.9 Å². The van der Waals surface area contributed by atoms with Crippen LogP contribution in [0.1, 0.15) is 30.9 Å². The van der Waals surface area contributed by atoms with Gasteiger partial charge in [-0.15, -0.1) is 24.0 Å². The number of aliphatic imine (C=N–C) groups is 1. The van der Waals surface area contributed by atoms with Crippen molar-refractivity contribution in [3.63, 3.8) is 0 Å². The van der Waals surface area contributed by atoms with Gasteiger partial charge in [0, 0.05) is 33.2 Å². The summed E-state index contributed by atoms with van der Waals surface area (Å²) in [5, 5.41) is 6.88. The van der Waals surface area contributed by atoms with Crippen LogP contribution in [-0.2, 0) is 13.0 Å². The molecule has 0 aromatic heterocycles. The van der Waals surface area contributed by atoms with Crippen LogP contribution in [-0.4, -0.2) is 69.1 Å². The van der Waals surface area contributed by atoms with Gasteiger partial charge >= 0.3 is 0 Å². The lowest BCUT2D eigenvalue weighted by Gasteiger charge is -2.20. The van der Waals surface area contributed by atoms with Gasteiger partial charge in [-0.2, -0.15) is 0 Å². The summed E-state index contributed by atoms with van der Waals surface area (Å²) in [6.07, 6.45) is 3.49. The highest BCUT2D eigenvalue weighted by atomic mass is 127. The standard InChI is InChI=1S/C20H35N5.HI/c1-4-18-9-5-6-10-19(18)17-23-20(21-2)22-11-7-13-25-14-8-12-24(3)15-16-25;/h5-6,9-10H,4,7-8,11-17H2,1-3H3,(H2,21,22,23);1H. The number of nitrogens with one attached hydrogen (secondary N) is 2. The minimum atomic E-state index is 0. The molecule has 0 spiro atoms. The first-order valence-electron chi connectivity index (χ1n) is 9.65. The Kier molecular flexibility index (Phi) is 11.9. The Morgan fingerprint density at radius 3 is 2.58 bits per heavy atom. The van der Waals surface area contributed by atoms with Gasteiger partial charge in [0.1, 0.15) is 0 Å². The average Bonchev–Trinajstić information content (AvgIpc) is 2.85. The second-order valence-electron chi connectivity index (χ2n) is 6.83. The van der Waals surface area contributed by atoms with E-state index in [0.29, 0.717) is 0 Å². The van der Waals surface area contributed by atoms with Crippen molar-refractivity contribution in [2.24, 2.45) is 4.99 Å². The molecular weight excluding hydrogens is 437 g/mol. The second kappa shape index (κ2) is 13.3. The molecule has 1 saturated heterocycles. The van der Waals surface area contributed by atoms with Gasteiger partial charge in [0.2, 0.25) is 0 Å². The summed E-state index contributed by atoms with van der Waals surface area (Å²) in [7, 11) is 4.06. The van der Waals surface area contributed by atoms with Crippen LogP contribution in [0.15, 0.2) is 29.3 Å². The predicted molar refractivity (Wildman–Crippen MR) is 123 cm³/mol. The summed E-state index contributed by atoms with van der Waals surface area (Å²) in [4.78, 5) is 9.35. The first kappa shape index (κ1) is 23.2. The lowest BCUT2D eigenvalue weighted by Crippen LogP contribution is -2.38. The van der Waals surface area contributed by atoms with E-state index in [1.54, 1.807) is 0 Å². The van der Waals surface area contributed by atoms with Crippen LogP contribution in [0.25, 0.3) is 0 Å². The average molecular weight is 473 g/mol. The van der Waals surface area contributed by atoms with Crippen molar-refractivity contribution in [1.82, 2.24) is 20.4 Å². The highest BCUT2D eigenvalue weighted by Gasteiger charge is 2.11. The van der Waals surface area contributed by atoms with E-state index in [-0.39, 0.29) is 24.0 Å². The maximum atomic E-state index is 4.34. The van der Waals surface area contributed by atoms with Crippen molar-refractivity contribution in [1.29, 1.82) is 0 Å². The summed E-state index contributed by atoms with van der Waals surface area (Å²) in [5.74, 6) is 0.890. The number of rotatable bonds is 7. The third-order valence-electron chi connectivity index (χ3n) is 4.92. The van der Waals surface area contributed by atoms with E-state index in [9.17, 15) is 0 Å². The maximum Gasteiger partial charge on any atom is 0.191 e. The van der Waals surface area contributed by atoms with Crippen LogP contribution in [0.3, 0.4) is 0 Å². The molecule has 1 heterocycles. The normalized spacial score (nSPS) is 16.7. The van der Waals surface area contributed by atoms with Crippen LogP contribution < -0.4 is 10.6 Å². The first-order chi connectivity index (χ1) is 12.2. The first-order valence-corrected chi connectivity index (χ1v) is 9.65. The SMILES string of the molecule is CCc1ccccc1CNC(=NC)NCCCN1CCCN(C)CC1.I. The third-order valence-corrected chi connectivity index (χ3v) is 4.92. The molecule has 0 radical (unpaired) electrons. The number of likely N-dealkylation sites (N-methyl/N-ethyl adjacent to an activating group) is 1. The summed E-state index contributed by atoms with van der Waals surface area (Å²) in [6.45, 7) is 9.98. The quantitative estimate of drug-likeness (QED) is 0.277. The molecule has 2 rings (SSSR count). The molecule has 1 aromatic rings. The topological polar surface area (TPSA) is 42.9 Å². The Balaban J connectivity index is 0.00000338. The zero-order valence-electron chi connectivity index (χ0n) is 16.6. The van der Waals surface area contributed by atoms with Gasteiger partial charge in [0.25, 0.3) is 0 Å². The summed E-state index contributed by atoms with van der Waals surface area (Å²) < 4.78 is 0. The zero-order valence-corrected chi connectivity index (χ0v) is 19.0. The highest BCUT2D eigenvalue weighted by molar-refractivity contribution is 14.0. The number of aryl methyl sites for hydroxylation is 1. The fourth-order valence-electron chi connectivity index (χ4n) is 3.31. The van der Waals surface area contributed by atoms with Gasteiger partial charge in [0.15, 0.2) is 5.96 Å². The van der Waals surface area contributed by atoms with E-state index in [2.05, 4.69) is 63.7 Å². The van der Waals surface area contributed by atoms with Gasteiger partial charge in [-0.25, -0.2) is 0 Å². The van der Waals surface area contributed by atoms with E-state index in [4.69, 9.17) is 0 Å². The smallest absolute Gasteiger partial charge is 0.191 e. The summed E-state index contributed by atoms with van der Waals surface area (Å²) >= 11 is 0. The number of hydrogen-bond acceptors (Lipinski definition) is 3. The monoisotopic (exact) mass is 473 g/mol. The molecule has 0 amide bonds. The molecular formula is C20H36IN5. The molecule has 2 N–H and O–H groups in total. The Bertz CT molecular complexity index is 535. The molecule has 0 atom stereocenters. The largest absolute Gasteiger partial charge is 0.356 e. The van der Waals surface area contributed by atoms with Crippen molar-refractivity contribution in [3.8, 4) is 0 Å². The number of halogens is 1. The Morgan fingerprint density at radius 1 is 1.08 bits per heavy atom. The van der Waals surface area contributed by atoms with Crippen LogP contribution in [0.5, 0.6) is 0 Å². The minimum Gasteiger partial charge on any atom is -0.356 e. The van der Waals surface area contributed by atoms with Crippen LogP contribution in [0.2, 0.25) is 0 Å². The van der Waals surface area contributed by atoms with Crippen LogP contribution in [0.4, 0.5) is 0 Å². The van der Waals surface area contributed by atoms with E-state index in [1.807, 2.05) is 7.05 Å². The highest BCUT2D eigenvalue weighted by Crippen LogP contribution is 2.08. The van der Waals surface area contributed by atoms with Gasteiger partial charge in [-0.1, -0.05) is 31.2 Å². The molecule has 1 aromatic carbocycles.